The van der Waals surface area contributed by atoms with Gasteiger partial charge in [-0.1, -0.05) is 19.8 Å². The maximum atomic E-state index is 12.0. The average Bonchev–Trinajstić information content (AvgIpc) is 2.77. The molecule has 1 atom stereocenters. The highest BCUT2D eigenvalue weighted by Gasteiger charge is 2.22. The number of carbonyl (C=O) groups is 1. The van der Waals surface area contributed by atoms with Crippen molar-refractivity contribution in [2.24, 2.45) is 0 Å². The SMILES string of the molecule is CCC(CSC)N(C)C(=O)NC1CCCC1. The first-order chi connectivity index (χ1) is 7.69. The predicted molar refractivity (Wildman–Crippen MR) is 71.0 cm³/mol. The average molecular weight is 244 g/mol. The van der Waals surface area contributed by atoms with Crippen LogP contribution in [-0.2, 0) is 0 Å². The first-order valence-corrected chi connectivity index (χ1v) is 7.60. The Morgan fingerprint density at radius 2 is 2.12 bits per heavy atom. The van der Waals surface area contributed by atoms with E-state index >= 15 is 0 Å². The van der Waals surface area contributed by atoms with Gasteiger partial charge in [0.1, 0.15) is 0 Å². The molecule has 94 valence electrons. The normalized spacial score (nSPS) is 18.4. The van der Waals surface area contributed by atoms with Crippen LogP contribution in [0.5, 0.6) is 0 Å². The lowest BCUT2D eigenvalue weighted by molar-refractivity contribution is 0.189. The van der Waals surface area contributed by atoms with Gasteiger partial charge in [-0.25, -0.2) is 4.79 Å². The fourth-order valence-electron chi connectivity index (χ4n) is 2.21. The van der Waals surface area contributed by atoms with Gasteiger partial charge >= 0.3 is 6.03 Å². The fraction of sp³-hybridized carbons (Fsp3) is 0.917. The van der Waals surface area contributed by atoms with Crippen molar-refractivity contribution >= 4 is 17.8 Å². The van der Waals surface area contributed by atoms with Gasteiger partial charge in [0, 0.05) is 24.9 Å². The summed E-state index contributed by atoms with van der Waals surface area (Å²) in [7, 11) is 1.91. The van der Waals surface area contributed by atoms with Crippen LogP contribution in [0.15, 0.2) is 0 Å². The molecule has 0 aromatic heterocycles. The van der Waals surface area contributed by atoms with Crippen LogP contribution in [0, 0.1) is 0 Å². The zero-order chi connectivity index (χ0) is 12.0. The van der Waals surface area contributed by atoms with Gasteiger partial charge in [-0.05, 0) is 25.5 Å². The minimum Gasteiger partial charge on any atom is -0.335 e. The van der Waals surface area contributed by atoms with Crippen LogP contribution < -0.4 is 5.32 Å². The molecule has 0 spiro atoms. The summed E-state index contributed by atoms with van der Waals surface area (Å²) in [4.78, 5) is 13.8. The second-order valence-corrected chi connectivity index (χ2v) is 5.47. The Kier molecular flexibility index (Phi) is 6.03. The van der Waals surface area contributed by atoms with Crippen LogP contribution in [0.1, 0.15) is 39.0 Å². The lowest BCUT2D eigenvalue weighted by atomic mass is 10.2. The van der Waals surface area contributed by atoms with Crippen LogP contribution in [-0.4, -0.2) is 42.1 Å². The van der Waals surface area contributed by atoms with Gasteiger partial charge in [-0.3, -0.25) is 0 Å². The Morgan fingerprint density at radius 3 is 2.62 bits per heavy atom. The molecule has 2 amide bonds. The van der Waals surface area contributed by atoms with E-state index < -0.39 is 0 Å². The van der Waals surface area contributed by atoms with Gasteiger partial charge < -0.3 is 10.2 Å². The molecule has 0 heterocycles. The number of rotatable bonds is 5. The summed E-state index contributed by atoms with van der Waals surface area (Å²) in [5.41, 5.74) is 0. The Morgan fingerprint density at radius 1 is 1.50 bits per heavy atom. The van der Waals surface area contributed by atoms with Crippen molar-refractivity contribution in [3.8, 4) is 0 Å². The molecule has 0 aromatic rings. The summed E-state index contributed by atoms with van der Waals surface area (Å²) in [6.07, 6.45) is 7.94. The summed E-state index contributed by atoms with van der Waals surface area (Å²) in [6, 6.07) is 0.880. The van der Waals surface area contributed by atoms with E-state index in [0.717, 1.165) is 25.0 Å². The number of amides is 2. The van der Waals surface area contributed by atoms with E-state index in [1.807, 2.05) is 11.9 Å². The summed E-state index contributed by atoms with van der Waals surface area (Å²) in [5, 5.41) is 3.13. The number of nitrogens with one attached hydrogen (secondary N) is 1. The smallest absolute Gasteiger partial charge is 0.317 e. The second kappa shape index (κ2) is 7.05. The van der Waals surface area contributed by atoms with Crippen LogP contribution in [0.4, 0.5) is 4.79 Å². The minimum atomic E-state index is 0.104. The van der Waals surface area contributed by atoms with E-state index in [9.17, 15) is 4.79 Å². The summed E-state index contributed by atoms with van der Waals surface area (Å²) < 4.78 is 0. The molecule has 1 saturated carbocycles. The maximum Gasteiger partial charge on any atom is 0.317 e. The number of carbonyl (C=O) groups excluding carboxylic acids is 1. The zero-order valence-electron chi connectivity index (χ0n) is 10.7. The number of nitrogens with zero attached hydrogens (tertiary/aromatic N) is 1. The second-order valence-electron chi connectivity index (χ2n) is 4.56. The van der Waals surface area contributed by atoms with Crippen molar-refractivity contribution < 1.29 is 4.79 Å². The van der Waals surface area contributed by atoms with E-state index in [2.05, 4.69) is 18.5 Å². The lowest BCUT2D eigenvalue weighted by Crippen LogP contribution is -2.47. The third kappa shape index (κ3) is 3.89. The molecule has 4 heteroatoms. The third-order valence-electron chi connectivity index (χ3n) is 3.38. The van der Waals surface area contributed by atoms with Gasteiger partial charge in [-0.2, -0.15) is 11.8 Å². The first kappa shape index (κ1) is 13.7. The predicted octanol–water partition coefficient (Wildman–Crippen LogP) is 2.71. The van der Waals surface area contributed by atoms with E-state index in [-0.39, 0.29) is 6.03 Å². The van der Waals surface area contributed by atoms with Crippen molar-refractivity contribution in [1.82, 2.24) is 10.2 Å². The molecule has 1 N–H and O–H groups in total. The topological polar surface area (TPSA) is 32.3 Å². The summed E-state index contributed by atoms with van der Waals surface area (Å²) in [5.74, 6) is 1.02. The van der Waals surface area contributed by atoms with E-state index in [0.29, 0.717) is 12.1 Å². The molecule has 0 radical (unpaired) electrons. The molecule has 1 aliphatic carbocycles. The Bertz CT molecular complexity index is 217. The number of urea groups is 1. The van der Waals surface area contributed by atoms with Crippen molar-refractivity contribution in [1.29, 1.82) is 0 Å². The van der Waals surface area contributed by atoms with Crippen LogP contribution in [0.2, 0.25) is 0 Å². The lowest BCUT2D eigenvalue weighted by Gasteiger charge is -2.28. The molecule has 0 aliphatic heterocycles. The highest BCUT2D eigenvalue weighted by atomic mass is 32.2. The van der Waals surface area contributed by atoms with Crippen molar-refractivity contribution in [2.75, 3.05) is 19.1 Å². The van der Waals surface area contributed by atoms with Gasteiger partial charge in [0.05, 0.1) is 0 Å². The molecule has 3 nitrogen and oxygen atoms in total. The van der Waals surface area contributed by atoms with Gasteiger partial charge in [0.2, 0.25) is 0 Å². The van der Waals surface area contributed by atoms with E-state index in [1.165, 1.54) is 12.8 Å². The van der Waals surface area contributed by atoms with Crippen LogP contribution in [0.25, 0.3) is 0 Å². The Balaban J connectivity index is 2.38. The molecule has 16 heavy (non-hydrogen) atoms. The summed E-state index contributed by atoms with van der Waals surface area (Å²) >= 11 is 1.80. The fourth-order valence-corrected chi connectivity index (χ4v) is 3.05. The zero-order valence-corrected chi connectivity index (χ0v) is 11.5. The largest absolute Gasteiger partial charge is 0.335 e. The maximum absolute atomic E-state index is 12.0. The molecule has 1 aliphatic rings. The Labute approximate surface area is 103 Å². The van der Waals surface area contributed by atoms with E-state index in [4.69, 9.17) is 0 Å². The first-order valence-electron chi connectivity index (χ1n) is 6.21. The monoisotopic (exact) mass is 244 g/mol. The number of hydrogen-bond donors (Lipinski definition) is 1. The molecular formula is C12H24N2OS. The number of thioether (sulfide) groups is 1. The highest BCUT2D eigenvalue weighted by Crippen LogP contribution is 2.18. The van der Waals surface area contributed by atoms with Gasteiger partial charge in [0.15, 0.2) is 0 Å². The van der Waals surface area contributed by atoms with Gasteiger partial charge in [0.25, 0.3) is 0 Å². The van der Waals surface area contributed by atoms with Gasteiger partial charge in [-0.15, -0.1) is 0 Å². The highest BCUT2D eigenvalue weighted by molar-refractivity contribution is 7.98. The molecular weight excluding hydrogens is 220 g/mol. The van der Waals surface area contributed by atoms with E-state index in [1.54, 1.807) is 11.8 Å². The van der Waals surface area contributed by atoms with Crippen molar-refractivity contribution in [3.63, 3.8) is 0 Å². The molecule has 0 bridgehead atoms. The molecule has 1 fully saturated rings. The Hall–Kier alpha value is -0.380. The molecule has 0 aromatic carbocycles. The number of hydrogen-bond acceptors (Lipinski definition) is 2. The molecule has 1 unspecified atom stereocenters. The quantitative estimate of drug-likeness (QED) is 0.806. The van der Waals surface area contributed by atoms with Crippen LogP contribution in [0.3, 0.4) is 0 Å². The van der Waals surface area contributed by atoms with Crippen molar-refractivity contribution in [3.05, 3.63) is 0 Å². The summed E-state index contributed by atoms with van der Waals surface area (Å²) in [6.45, 7) is 2.14. The standard InChI is InChI=1S/C12H24N2OS/c1-4-11(9-16-3)14(2)12(15)13-10-7-5-6-8-10/h10-11H,4-9H2,1-3H3,(H,13,15). The molecule has 0 saturated heterocycles. The van der Waals surface area contributed by atoms with Crippen LogP contribution >= 0.6 is 11.8 Å². The van der Waals surface area contributed by atoms with Crippen molar-refractivity contribution in [2.45, 2.75) is 51.1 Å². The minimum absolute atomic E-state index is 0.104. The third-order valence-corrected chi connectivity index (χ3v) is 4.10. The molecule has 1 rings (SSSR count).